The minimum Gasteiger partial charge on any atom is -0.341 e. The standard InChI is InChI=1S/C17H19N5O/c18-10-15-5-3-14(4-6-15)7-8-17(23)21-9-1-2-16(11-21)22-13-19-12-20-22/h3-6,12-13,16H,1-2,7-9,11H2. The maximum absolute atomic E-state index is 12.4. The van der Waals surface area contributed by atoms with E-state index in [0.717, 1.165) is 24.9 Å². The number of likely N-dealkylation sites (tertiary alicyclic amines) is 1. The molecule has 1 aromatic heterocycles. The SMILES string of the molecule is N#Cc1ccc(CCC(=O)N2CCCC(n3cncn3)C2)cc1. The van der Waals surface area contributed by atoms with Gasteiger partial charge in [-0.2, -0.15) is 10.4 Å². The first kappa shape index (κ1) is 15.2. The van der Waals surface area contributed by atoms with Crippen molar-refractivity contribution in [1.82, 2.24) is 19.7 Å². The highest BCUT2D eigenvalue weighted by atomic mass is 16.2. The molecule has 0 bridgehead atoms. The number of hydrogen-bond donors (Lipinski definition) is 0. The van der Waals surface area contributed by atoms with Gasteiger partial charge in [-0.25, -0.2) is 9.67 Å². The van der Waals surface area contributed by atoms with Crippen LogP contribution in [0.2, 0.25) is 0 Å². The fourth-order valence-electron chi connectivity index (χ4n) is 2.96. The van der Waals surface area contributed by atoms with Crippen LogP contribution in [0.25, 0.3) is 0 Å². The molecule has 1 fully saturated rings. The molecule has 2 aromatic rings. The third-order valence-electron chi connectivity index (χ3n) is 4.27. The maximum atomic E-state index is 12.4. The van der Waals surface area contributed by atoms with Crippen molar-refractivity contribution in [1.29, 1.82) is 5.26 Å². The summed E-state index contributed by atoms with van der Waals surface area (Å²) in [5, 5.41) is 13.0. The van der Waals surface area contributed by atoms with E-state index in [1.165, 1.54) is 6.33 Å². The number of piperidine rings is 1. The van der Waals surface area contributed by atoms with Crippen LogP contribution < -0.4 is 0 Å². The number of hydrogen-bond acceptors (Lipinski definition) is 4. The normalized spacial score (nSPS) is 17.7. The minimum atomic E-state index is 0.180. The third-order valence-corrected chi connectivity index (χ3v) is 4.27. The van der Waals surface area contributed by atoms with Gasteiger partial charge in [0.2, 0.25) is 5.91 Å². The Morgan fingerprint density at radius 1 is 1.35 bits per heavy atom. The number of nitrogens with zero attached hydrogens (tertiary/aromatic N) is 5. The van der Waals surface area contributed by atoms with E-state index in [4.69, 9.17) is 5.26 Å². The quantitative estimate of drug-likeness (QED) is 0.865. The van der Waals surface area contributed by atoms with Crippen LogP contribution in [0.1, 0.15) is 36.4 Å². The average Bonchev–Trinajstić information content (AvgIpc) is 3.15. The van der Waals surface area contributed by atoms with Crippen LogP contribution in [0.4, 0.5) is 0 Å². The number of nitriles is 1. The summed E-state index contributed by atoms with van der Waals surface area (Å²) in [6, 6.07) is 9.75. The molecular weight excluding hydrogens is 290 g/mol. The summed E-state index contributed by atoms with van der Waals surface area (Å²) in [5.41, 5.74) is 1.73. The van der Waals surface area contributed by atoms with Gasteiger partial charge in [-0.05, 0) is 37.0 Å². The zero-order valence-electron chi connectivity index (χ0n) is 12.9. The summed E-state index contributed by atoms with van der Waals surface area (Å²) in [4.78, 5) is 18.4. The number of amides is 1. The lowest BCUT2D eigenvalue weighted by molar-refractivity contribution is -0.132. The maximum Gasteiger partial charge on any atom is 0.222 e. The molecule has 0 spiro atoms. The van der Waals surface area contributed by atoms with Crippen molar-refractivity contribution in [2.24, 2.45) is 0 Å². The molecular formula is C17H19N5O. The second kappa shape index (κ2) is 7.05. The van der Waals surface area contributed by atoms with Crippen LogP contribution in [0.3, 0.4) is 0 Å². The molecule has 1 aliphatic heterocycles. The van der Waals surface area contributed by atoms with E-state index >= 15 is 0 Å². The highest BCUT2D eigenvalue weighted by Gasteiger charge is 2.24. The largest absolute Gasteiger partial charge is 0.341 e. The second-order valence-corrected chi connectivity index (χ2v) is 5.82. The Morgan fingerprint density at radius 3 is 2.87 bits per heavy atom. The highest BCUT2D eigenvalue weighted by molar-refractivity contribution is 5.76. The van der Waals surface area contributed by atoms with Crippen LogP contribution in [-0.2, 0) is 11.2 Å². The van der Waals surface area contributed by atoms with E-state index in [9.17, 15) is 4.79 Å². The Labute approximate surface area is 135 Å². The zero-order valence-corrected chi connectivity index (χ0v) is 12.9. The summed E-state index contributed by atoms with van der Waals surface area (Å²) in [5.74, 6) is 0.180. The number of carbonyl (C=O) groups excluding carboxylic acids is 1. The van der Waals surface area contributed by atoms with Crippen molar-refractivity contribution in [2.75, 3.05) is 13.1 Å². The van der Waals surface area contributed by atoms with E-state index in [1.807, 2.05) is 21.7 Å². The molecule has 118 valence electrons. The number of rotatable bonds is 4. The van der Waals surface area contributed by atoms with Gasteiger partial charge >= 0.3 is 0 Å². The summed E-state index contributed by atoms with van der Waals surface area (Å²) in [7, 11) is 0. The third kappa shape index (κ3) is 3.75. The van der Waals surface area contributed by atoms with Crippen molar-refractivity contribution >= 4 is 5.91 Å². The van der Waals surface area contributed by atoms with E-state index in [-0.39, 0.29) is 11.9 Å². The first-order chi connectivity index (χ1) is 11.3. The smallest absolute Gasteiger partial charge is 0.222 e. The zero-order chi connectivity index (χ0) is 16.1. The molecule has 2 heterocycles. The molecule has 0 saturated carbocycles. The van der Waals surface area contributed by atoms with E-state index in [0.29, 0.717) is 24.9 Å². The van der Waals surface area contributed by atoms with Crippen molar-refractivity contribution in [3.63, 3.8) is 0 Å². The monoisotopic (exact) mass is 309 g/mol. The molecule has 0 aliphatic carbocycles. The molecule has 0 radical (unpaired) electrons. The molecule has 1 amide bonds. The van der Waals surface area contributed by atoms with Gasteiger partial charge < -0.3 is 4.90 Å². The first-order valence-electron chi connectivity index (χ1n) is 7.87. The summed E-state index contributed by atoms with van der Waals surface area (Å²) >= 11 is 0. The van der Waals surface area contributed by atoms with Gasteiger partial charge in [0.25, 0.3) is 0 Å². The molecule has 23 heavy (non-hydrogen) atoms. The van der Waals surface area contributed by atoms with E-state index in [2.05, 4.69) is 16.2 Å². The van der Waals surface area contributed by atoms with Gasteiger partial charge in [0.15, 0.2) is 0 Å². The molecule has 1 unspecified atom stereocenters. The Balaban J connectivity index is 1.54. The fraction of sp³-hybridized carbons (Fsp3) is 0.412. The van der Waals surface area contributed by atoms with Crippen LogP contribution in [0.15, 0.2) is 36.9 Å². The lowest BCUT2D eigenvalue weighted by Crippen LogP contribution is -2.40. The number of benzene rings is 1. The van der Waals surface area contributed by atoms with E-state index in [1.54, 1.807) is 18.5 Å². The Hall–Kier alpha value is -2.68. The summed E-state index contributed by atoms with van der Waals surface area (Å²) in [6.07, 6.45) is 6.47. The van der Waals surface area contributed by atoms with Crippen LogP contribution >= 0.6 is 0 Å². The lowest BCUT2D eigenvalue weighted by atomic mass is 10.0. The minimum absolute atomic E-state index is 0.180. The Morgan fingerprint density at radius 2 is 2.17 bits per heavy atom. The number of aromatic nitrogens is 3. The predicted octanol–water partition coefficient (Wildman–Crippen LogP) is 1.95. The number of aryl methyl sites for hydroxylation is 1. The second-order valence-electron chi connectivity index (χ2n) is 5.82. The lowest BCUT2D eigenvalue weighted by Gasteiger charge is -2.32. The van der Waals surface area contributed by atoms with Gasteiger partial charge in [-0.1, -0.05) is 12.1 Å². The highest BCUT2D eigenvalue weighted by Crippen LogP contribution is 2.21. The van der Waals surface area contributed by atoms with Gasteiger partial charge in [0.1, 0.15) is 12.7 Å². The Kier molecular flexibility index (Phi) is 4.67. The fourth-order valence-corrected chi connectivity index (χ4v) is 2.96. The van der Waals surface area contributed by atoms with Gasteiger partial charge in [0, 0.05) is 19.5 Å². The molecule has 1 saturated heterocycles. The molecule has 1 aromatic carbocycles. The molecule has 6 heteroatoms. The molecule has 3 rings (SSSR count). The predicted molar refractivity (Wildman–Crippen MR) is 84.4 cm³/mol. The van der Waals surface area contributed by atoms with Crippen LogP contribution in [0.5, 0.6) is 0 Å². The van der Waals surface area contributed by atoms with Gasteiger partial charge in [-0.15, -0.1) is 0 Å². The topological polar surface area (TPSA) is 74.8 Å². The first-order valence-corrected chi connectivity index (χ1v) is 7.87. The molecule has 1 atom stereocenters. The molecule has 1 aliphatic rings. The van der Waals surface area contributed by atoms with E-state index < -0.39 is 0 Å². The summed E-state index contributed by atoms with van der Waals surface area (Å²) < 4.78 is 1.85. The van der Waals surface area contributed by atoms with Crippen LogP contribution in [-0.4, -0.2) is 38.7 Å². The molecule has 6 nitrogen and oxygen atoms in total. The van der Waals surface area contributed by atoms with Gasteiger partial charge in [0.05, 0.1) is 17.7 Å². The van der Waals surface area contributed by atoms with Crippen molar-refractivity contribution in [2.45, 2.75) is 31.7 Å². The Bertz CT molecular complexity index is 687. The number of carbonyl (C=O) groups is 1. The average molecular weight is 309 g/mol. The van der Waals surface area contributed by atoms with Crippen LogP contribution in [0, 0.1) is 11.3 Å². The summed E-state index contributed by atoms with van der Waals surface area (Å²) in [6.45, 7) is 1.52. The van der Waals surface area contributed by atoms with Crippen molar-refractivity contribution in [3.05, 3.63) is 48.0 Å². The molecule has 0 N–H and O–H groups in total. The van der Waals surface area contributed by atoms with Gasteiger partial charge in [-0.3, -0.25) is 4.79 Å². The van der Waals surface area contributed by atoms with Crippen molar-refractivity contribution in [3.8, 4) is 6.07 Å². The van der Waals surface area contributed by atoms with Crippen molar-refractivity contribution < 1.29 is 4.79 Å².